The van der Waals surface area contributed by atoms with Crippen molar-refractivity contribution in [3.63, 3.8) is 0 Å². The number of amides is 1. The third-order valence-electron chi connectivity index (χ3n) is 2.80. The second kappa shape index (κ2) is 7.65. The molecular weight excluding hydrogens is 304 g/mol. The van der Waals surface area contributed by atoms with Crippen molar-refractivity contribution in [2.75, 3.05) is 5.75 Å². The predicted molar refractivity (Wildman–Crippen MR) is 83.3 cm³/mol. The first kappa shape index (κ1) is 16.1. The molecule has 0 bridgehead atoms. The molecule has 1 amide bonds. The third kappa shape index (κ3) is 4.63. The van der Waals surface area contributed by atoms with Gasteiger partial charge in [0.1, 0.15) is 12.3 Å². The van der Waals surface area contributed by atoms with Gasteiger partial charge in [0.15, 0.2) is 0 Å². The summed E-state index contributed by atoms with van der Waals surface area (Å²) in [4.78, 5) is 26.5. The normalized spacial score (nSPS) is 11.9. The summed E-state index contributed by atoms with van der Waals surface area (Å²) in [5.74, 6) is -0.134. The van der Waals surface area contributed by atoms with Crippen LogP contribution in [-0.4, -0.2) is 33.8 Å². The number of carbonyl (C=O) groups excluding carboxylic acids is 1. The van der Waals surface area contributed by atoms with E-state index in [1.807, 2.05) is 30.3 Å². The van der Waals surface area contributed by atoms with Gasteiger partial charge in [-0.15, -0.1) is 11.8 Å². The van der Waals surface area contributed by atoms with E-state index in [9.17, 15) is 9.59 Å². The van der Waals surface area contributed by atoms with Gasteiger partial charge in [-0.05, 0) is 19.1 Å². The molecule has 0 aliphatic rings. The number of thioether (sulfide) groups is 1. The first-order valence-corrected chi connectivity index (χ1v) is 7.81. The number of carboxylic acid groups (broad SMARTS) is 1. The van der Waals surface area contributed by atoms with Crippen LogP contribution in [0.2, 0.25) is 0 Å². The molecule has 0 saturated carbocycles. The topological polar surface area (TPSA) is 92.4 Å². The Labute approximate surface area is 131 Å². The lowest BCUT2D eigenvalue weighted by Gasteiger charge is -2.08. The van der Waals surface area contributed by atoms with E-state index >= 15 is 0 Å². The quantitative estimate of drug-likeness (QED) is 0.812. The molecule has 2 aromatic rings. The lowest BCUT2D eigenvalue weighted by molar-refractivity contribution is -0.140. The maximum Gasteiger partial charge on any atom is 0.325 e. The van der Waals surface area contributed by atoms with Crippen molar-refractivity contribution in [2.45, 2.75) is 18.7 Å². The Morgan fingerprint density at radius 3 is 2.77 bits per heavy atom. The summed E-state index contributed by atoms with van der Waals surface area (Å²) in [5, 5.41) is 11.1. The summed E-state index contributed by atoms with van der Waals surface area (Å²) in [7, 11) is 0. The van der Waals surface area contributed by atoms with E-state index < -0.39 is 12.0 Å². The van der Waals surface area contributed by atoms with Gasteiger partial charge in [-0.2, -0.15) is 0 Å². The molecule has 0 aliphatic carbocycles. The second-order valence-corrected chi connectivity index (χ2v) is 5.62. The number of rotatable bonds is 7. The fraction of sp³-hybridized carbons (Fsp3) is 0.267. The first-order chi connectivity index (χ1) is 10.6. The van der Waals surface area contributed by atoms with Gasteiger partial charge in [0.25, 0.3) is 0 Å². The number of nitrogens with zero attached hydrogens (tertiary/aromatic N) is 1. The van der Waals surface area contributed by atoms with Crippen molar-refractivity contribution in [1.82, 2.24) is 10.3 Å². The van der Waals surface area contributed by atoms with Gasteiger partial charge < -0.3 is 14.8 Å². The smallest absolute Gasteiger partial charge is 0.325 e. The molecule has 2 rings (SSSR count). The number of hydrogen-bond donors (Lipinski definition) is 2. The molecule has 1 aromatic carbocycles. The van der Waals surface area contributed by atoms with Crippen molar-refractivity contribution >= 4 is 23.6 Å². The van der Waals surface area contributed by atoms with E-state index in [4.69, 9.17) is 9.52 Å². The van der Waals surface area contributed by atoms with Crippen molar-refractivity contribution in [3.8, 4) is 11.5 Å². The van der Waals surface area contributed by atoms with Crippen LogP contribution in [0.15, 0.2) is 41.0 Å². The SMILES string of the molecule is C[C@@H](NC(=O)CSCc1coc(-c2ccccc2)n1)C(=O)O. The van der Waals surface area contributed by atoms with Gasteiger partial charge in [-0.25, -0.2) is 4.98 Å². The van der Waals surface area contributed by atoms with Crippen molar-refractivity contribution in [3.05, 3.63) is 42.3 Å². The third-order valence-corrected chi connectivity index (χ3v) is 3.77. The van der Waals surface area contributed by atoms with Gasteiger partial charge in [-0.1, -0.05) is 18.2 Å². The molecule has 1 aromatic heterocycles. The zero-order valence-corrected chi connectivity index (χ0v) is 12.8. The Hall–Kier alpha value is -2.28. The van der Waals surface area contributed by atoms with Crippen LogP contribution in [0.5, 0.6) is 0 Å². The number of benzene rings is 1. The lowest BCUT2D eigenvalue weighted by atomic mass is 10.2. The van der Waals surface area contributed by atoms with Crippen molar-refractivity contribution in [1.29, 1.82) is 0 Å². The van der Waals surface area contributed by atoms with Crippen LogP contribution >= 0.6 is 11.8 Å². The Bertz CT molecular complexity index is 642. The fourth-order valence-corrected chi connectivity index (χ4v) is 2.39. The van der Waals surface area contributed by atoms with Gasteiger partial charge in [-0.3, -0.25) is 9.59 Å². The number of carboxylic acids is 1. The maximum absolute atomic E-state index is 11.5. The first-order valence-electron chi connectivity index (χ1n) is 6.66. The fourth-order valence-electron chi connectivity index (χ4n) is 1.68. The highest BCUT2D eigenvalue weighted by Gasteiger charge is 2.14. The minimum atomic E-state index is -1.05. The van der Waals surface area contributed by atoms with Crippen LogP contribution in [0.25, 0.3) is 11.5 Å². The molecule has 0 saturated heterocycles. The van der Waals surface area contributed by atoms with Crippen LogP contribution in [0.4, 0.5) is 0 Å². The molecule has 0 unspecified atom stereocenters. The molecule has 7 heteroatoms. The summed E-state index contributed by atoms with van der Waals surface area (Å²) in [5.41, 5.74) is 1.63. The minimum absolute atomic E-state index is 0.172. The van der Waals surface area contributed by atoms with Crippen LogP contribution in [0.1, 0.15) is 12.6 Å². The number of nitrogens with one attached hydrogen (secondary N) is 1. The molecule has 22 heavy (non-hydrogen) atoms. The van der Waals surface area contributed by atoms with Gasteiger partial charge >= 0.3 is 5.97 Å². The molecule has 116 valence electrons. The molecule has 0 spiro atoms. The van der Waals surface area contributed by atoms with Gasteiger partial charge in [0, 0.05) is 11.3 Å². The average Bonchev–Trinajstić information content (AvgIpc) is 2.97. The monoisotopic (exact) mass is 320 g/mol. The maximum atomic E-state index is 11.5. The highest BCUT2D eigenvalue weighted by Crippen LogP contribution is 2.20. The Kier molecular flexibility index (Phi) is 5.60. The van der Waals surface area contributed by atoms with E-state index in [-0.39, 0.29) is 11.7 Å². The van der Waals surface area contributed by atoms with Crippen molar-refractivity contribution in [2.24, 2.45) is 0 Å². The molecule has 1 atom stereocenters. The Morgan fingerprint density at radius 2 is 2.09 bits per heavy atom. The second-order valence-electron chi connectivity index (χ2n) is 4.63. The number of aromatic nitrogens is 1. The number of oxazole rings is 1. The predicted octanol–water partition coefficient (Wildman–Crippen LogP) is 2.16. The van der Waals surface area contributed by atoms with E-state index in [2.05, 4.69) is 10.3 Å². The van der Waals surface area contributed by atoms with E-state index in [1.54, 1.807) is 6.26 Å². The molecule has 6 nitrogen and oxygen atoms in total. The summed E-state index contributed by atoms with van der Waals surface area (Å²) in [6.07, 6.45) is 1.56. The Morgan fingerprint density at radius 1 is 1.36 bits per heavy atom. The molecule has 1 heterocycles. The number of hydrogen-bond acceptors (Lipinski definition) is 5. The average molecular weight is 320 g/mol. The van der Waals surface area contributed by atoms with Crippen LogP contribution in [0, 0.1) is 0 Å². The highest BCUT2D eigenvalue weighted by molar-refractivity contribution is 7.99. The Balaban J connectivity index is 1.80. The molecule has 2 N–H and O–H groups in total. The van der Waals surface area contributed by atoms with E-state index in [1.165, 1.54) is 18.7 Å². The van der Waals surface area contributed by atoms with Crippen LogP contribution in [-0.2, 0) is 15.3 Å². The number of carbonyl (C=O) groups is 2. The van der Waals surface area contributed by atoms with Crippen LogP contribution in [0.3, 0.4) is 0 Å². The minimum Gasteiger partial charge on any atom is -0.480 e. The van der Waals surface area contributed by atoms with Crippen LogP contribution < -0.4 is 5.32 Å². The zero-order chi connectivity index (χ0) is 15.9. The summed E-state index contributed by atoms with van der Waals surface area (Å²) in [6.45, 7) is 1.43. The standard InChI is InChI=1S/C15H16N2O4S/c1-10(15(19)20)16-13(18)9-22-8-12-7-21-14(17-12)11-5-3-2-4-6-11/h2-7,10H,8-9H2,1H3,(H,16,18)(H,19,20)/t10-/m1/s1. The van der Waals surface area contributed by atoms with Crippen molar-refractivity contribution < 1.29 is 19.1 Å². The highest BCUT2D eigenvalue weighted by atomic mass is 32.2. The molecular formula is C15H16N2O4S. The lowest BCUT2D eigenvalue weighted by Crippen LogP contribution is -2.39. The number of aliphatic carboxylic acids is 1. The van der Waals surface area contributed by atoms with E-state index in [0.29, 0.717) is 11.6 Å². The largest absolute Gasteiger partial charge is 0.480 e. The summed E-state index contributed by atoms with van der Waals surface area (Å²) < 4.78 is 5.40. The molecule has 0 aliphatic heterocycles. The van der Waals surface area contributed by atoms with E-state index in [0.717, 1.165) is 11.3 Å². The van der Waals surface area contributed by atoms with Gasteiger partial charge in [0.05, 0.1) is 11.4 Å². The molecule has 0 fully saturated rings. The molecule has 0 radical (unpaired) electrons. The zero-order valence-electron chi connectivity index (χ0n) is 12.0. The van der Waals surface area contributed by atoms with Gasteiger partial charge in [0.2, 0.25) is 11.8 Å². The summed E-state index contributed by atoms with van der Waals surface area (Å²) >= 11 is 1.35. The summed E-state index contributed by atoms with van der Waals surface area (Å²) in [6, 6.07) is 8.65.